The number of nitrogens with one attached hydrogen (secondary N) is 1. The van der Waals surface area contributed by atoms with Gasteiger partial charge in [0.05, 0.1) is 17.1 Å². The third-order valence-corrected chi connectivity index (χ3v) is 4.92. The molecule has 0 radical (unpaired) electrons. The van der Waals surface area contributed by atoms with Gasteiger partial charge in [0.15, 0.2) is 0 Å². The van der Waals surface area contributed by atoms with Crippen molar-refractivity contribution in [3.63, 3.8) is 0 Å². The van der Waals surface area contributed by atoms with Crippen LogP contribution < -0.4 is 4.72 Å². The number of hydrogen-bond acceptors (Lipinski definition) is 4. The molecule has 1 N–H and O–H groups in total. The molecule has 5 nitrogen and oxygen atoms in total. The number of anilines is 1. The standard InChI is InChI=1S/C18H20FNO4S/c1-3-4-11-24-18(21)14-5-7-15(8-6-14)20-25(22,23)16-9-10-17(19)13(2)12-16/h5-10,12,20H,3-4,11H2,1-2H3. The fourth-order valence-electron chi connectivity index (χ4n) is 2.07. The number of ether oxygens (including phenoxy) is 1. The van der Waals surface area contributed by atoms with Crippen LogP contribution in [-0.4, -0.2) is 21.0 Å². The van der Waals surface area contributed by atoms with Crippen LogP contribution in [0.25, 0.3) is 0 Å². The molecule has 25 heavy (non-hydrogen) atoms. The summed E-state index contributed by atoms with van der Waals surface area (Å²) in [6.45, 7) is 3.85. The molecule has 0 aliphatic rings. The summed E-state index contributed by atoms with van der Waals surface area (Å²) >= 11 is 0. The van der Waals surface area contributed by atoms with Crippen molar-refractivity contribution in [3.05, 3.63) is 59.4 Å². The third kappa shape index (κ3) is 5.03. The lowest BCUT2D eigenvalue weighted by Gasteiger charge is -2.10. The Labute approximate surface area is 146 Å². The van der Waals surface area contributed by atoms with Gasteiger partial charge in [0, 0.05) is 5.69 Å². The van der Waals surface area contributed by atoms with Crippen molar-refractivity contribution in [1.29, 1.82) is 0 Å². The molecule has 0 fully saturated rings. The van der Waals surface area contributed by atoms with E-state index in [-0.39, 0.29) is 10.5 Å². The van der Waals surface area contributed by atoms with Crippen LogP contribution in [-0.2, 0) is 14.8 Å². The Kier molecular flexibility index (Phi) is 6.14. The molecule has 0 aliphatic heterocycles. The van der Waals surface area contributed by atoms with Crippen LogP contribution >= 0.6 is 0 Å². The van der Waals surface area contributed by atoms with Crippen molar-refractivity contribution in [2.24, 2.45) is 0 Å². The Morgan fingerprint density at radius 1 is 1.16 bits per heavy atom. The first-order valence-corrected chi connectivity index (χ1v) is 9.38. The Bertz CT molecular complexity index is 848. The van der Waals surface area contributed by atoms with E-state index in [1.54, 1.807) is 0 Å². The third-order valence-electron chi connectivity index (χ3n) is 3.54. The zero-order valence-corrected chi connectivity index (χ0v) is 14.9. The maximum absolute atomic E-state index is 13.3. The van der Waals surface area contributed by atoms with Gasteiger partial charge < -0.3 is 4.74 Å². The van der Waals surface area contributed by atoms with Gasteiger partial charge in [-0.1, -0.05) is 13.3 Å². The smallest absolute Gasteiger partial charge is 0.338 e. The normalized spacial score (nSPS) is 11.2. The molecule has 0 aromatic heterocycles. The van der Waals surface area contributed by atoms with Gasteiger partial charge in [0.1, 0.15) is 5.82 Å². The van der Waals surface area contributed by atoms with Crippen LogP contribution in [0.4, 0.5) is 10.1 Å². The Morgan fingerprint density at radius 3 is 2.44 bits per heavy atom. The first-order valence-electron chi connectivity index (χ1n) is 7.89. The largest absolute Gasteiger partial charge is 0.462 e. The summed E-state index contributed by atoms with van der Waals surface area (Å²) in [6, 6.07) is 9.50. The SMILES string of the molecule is CCCCOC(=O)c1ccc(NS(=O)(=O)c2ccc(F)c(C)c2)cc1. The van der Waals surface area contributed by atoms with E-state index < -0.39 is 21.8 Å². The molecule has 2 rings (SSSR count). The molecule has 0 saturated heterocycles. The molecule has 2 aromatic carbocycles. The second-order valence-corrected chi connectivity index (χ2v) is 7.27. The minimum Gasteiger partial charge on any atom is -0.462 e. The monoisotopic (exact) mass is 365 g/mol. The summed E-state index contributed by atoms with van der Waals surface area (Å²) in [4.78, 5) is 11.8. The number of esters is 1. The topological polar surface area (TPSA) is 72.5 Å². The first kappa shape index (κ1) is 18.9. The molecule has 0 heterocycles. The molecular weight excluding hydrogens is 345 g/mol. The Morgan fingerprint density at radius 2 is 1.84 bits per heavy atom. The van der Waals surface area contributed by atoms with Gasteiger partial charge in [0.2, 0.25) is 0 Å². The van der Waals surface area contributed by atoms with Gasteiger partial charge >= 0.3 is 5.97 Å². The predicted molar refractivity (Wildman–Crippen MR) is 93.6 cm³/mol. The van der Waals surface area contributed by atoms with E-state index in [0.29, 0.717) is 17.9 Å². The van der Waals surface area contributed by atoms with E-state index in [9.17, 15) is 17.6 Å². The zero-order valence-electron chi connectivity index (χ0n) is 14.1. The minimum atomic E-state index is -3.84. The number of carbonyl (C=O) groups excluding carboxylic acids is 1. The second-order valence-electron chi connectivity index (χ2n) is 5.58. The van der Waals surface area contributed by atoms with E-state index in [2.05, 4.69) is 4.72 Å². The van der Waals surface area contributed by atoms with Crippen molar-refractivity contribution in [1.82, 2.24) is 0 Å². The number of unbranched alkanes of at least 4 members (excludes halogenated alkanes) is 1. The van der Waals surface area contributed by atoms with Crippen molar-refractivity contribution in [3.8, 4) is 0 Å². The summed E-state index contributed by atoms with van der Waals surface area (Å²) in [6.07, 6.45) is 1.72. The fraction of sp³-hybridized carbons (Fsp3) is 0.278. The van der Waals surface area contributed by atoms with Crippen LogP contribution in [0.5, 0.6) is 0 Å². The van der Waals surface area contributed by atoms with Gasteiger partial charge in [0.25, 0.3) is 10.0 Å². The maximum Gasteiger partial charge on any atom is 0.338 e. The highest BCUT2D eigenvalue weighted by molar-refractivity contribution is 7.92. The lowest BCUT2D eigenvalue weighted by molar-refractivity contribution is 0.0500. The first-order chi connectivity index (χ1) is 11.8. The number of benzene rings is 2. The summed E-state index contributed by atoms with van der Waals surface area (Å²) in [7, 11) is -3.84. The number of hydrogen-bond donors (Lipinski definition) is 1. The van der Waals surface area contributed by atoms with Crippen molar-refractivity contribution in [2.45, 2.75) is 31.6 Å². The highest BCUT2D eigenvalue weighted by atomic mass is 32.2. The molecule has 2 aromatic rings. The summed E-state index contributed by atoms with van der Waals surface area (Å²) in [5.41, 5.74) is 0.886. The van der Waals surface area contributed by atoms with E-state index in [1.807, 2.05) is 6.92 Å². The number of halogens is 1. The highest BCUT2D eigenvalue weighted by Crippen LogP contribution is 2.19. The lowest BCUT2D eigenvalue weighted by Crippen LogP contribution is -2.13. The lowest BCUT2D eigenvalue weighted by atomic mass is 10.2. The number of sulfonamides is 1. The Balaban J connectivity index is 2.09. The average molecular weight is 365 g/mol. The maximum atomic E-state index is 13.3. The van der Waals surface area contributed by atoms with E-state index >= 15 is 0 Å². The van der Waals surface area contributed by atoms with Gasteiger partial charge in [-0.15, -0.1) is 0 Å². The predicted octanol–water partition coefficient (Wildman–Crippen LogP) is 3.89. The van der Waals surface area contributed by atoms with Gasteiger partial charge in [-0.2, -0.15) is 0 Å². The fourth-order valence-corrected chi connectivity index (χ4v) is 3.21. The average Bonchev–Trinajstić information content (AvgIpc) is 2.57. The summed E-state index contributed by atoms with van der Waals surface area (Å²) < 4.78 is 45.4. The van der Waals surface area contributed by atoms with Crippen LogP contribution in [0.3, 0.4) is 0 Å². The summed E-state index contributed by atoms with van der Waals surface area (Å²) in [5.74, 6) is -0.915. The van der Waals surface area contributed by atoms with Crippen LogP contribution in [0.15, 0.2) is 47.4 Å². The van der Waals surface area contributed by atoms with Crippen LogP contribution in [0.2, 0.25) is 0 Å². The van der Waals surface area contributed by atoms with Gasteiger partial charge in [-0.25, -0.2) is 17.6 Å². The molecule has 0 spiro atoms. The summed E-state index contributed by atoms with van der Waals surface area (Å²) in [5, 5.41) is 0. The molecule has 134 valence electrons. The van der Waals surface area contributed by atoms with E-state index in [0.717, 1.165) is 18.9 Å². The van der Waals surface area contributed by atoms with Gasteiger partial charge in [-0.3, -0.25) is 4.72 Å². The molecule has 0 atom stereocenters. The molecule has 0 unspecified atom stereocenters. The highest BCUT2D eigenvalue weighted by Gasteiger charge is 2.16. The molecule has 7 heteroatoms. The molecule has 0 amide bonds. The van der Waals surface area contributed by atoms with Crippen molar-refractivity contribution >= 4 is 21.7 Å². The number of carbonyl (C=O) groups is 1. The molecule has 0 bridgehead atoms. The number of rotatable bonds is 7. The minimum absolute atomic E-state index is 0.0329. The zero-order chi connectivity index (χ0) is 18.4. The second kappa shape index (κ2) is 8.11. The Hall–Kier alpha value is -2.41. The van der Waals surface area contributed by atoms with E-state index in [1.165, 1.54) is 43.3 Å². The quantitative estimate of drug-likeness (QED) is 0.597. The van der Waals surface area contributed by atoms with E-state index in [4.69, 9.17) is 4.74 Å². The number of aryl methyl sites for hydroxylation is 1. The molecule has 0 aliphatic carbocycles. The van der Waals surface area contributed by atoms with Crippen LogP contribution in [0.1, 0.15) is 35.7 Å². The molecule has 0 saturated carbocycles. The van der Waals surface area contributed by atoms with Gasteiger partial charge in [-0.05, 0) is 61.4 Å². The molecular formula is C18H20FNO4S. The van der Waals surface area contributed by atoms with Crippen LogP contribution in [0, 0.1) is 12.7 Å². The van der Waals surface area contributed by atoms with Crippen molar-refractivity contribution in [2.75, 3.05) is 11.3 Å². The van der Waals surface area contributed by atoms with Crippen molar-refractivity contribution < 1.29 is 22.3 Å².